The topological polar surface area (TPSA) is 32.3 Å². The van der Waals surface area contributed by atoms with E-state index in [9.17, 15) is 4.79 Å². The number of fused-ring (bicyclic) bond motifs is 1. The molecule has 23 heavy (non-hydrogen) atoms. The molecule has 1 aliphatic carbocycles. The van der Waals surface area contributed by atoms with Crippen molar-refractivity contribution >= 4 is 17.2 Å². The number of hydrogen-bond donors (Lipinski definition) is 1. The molecule has 3 nitrogen and oxygen atoms in total. The van der Waals surface area contributed by atoms with Crippen molar-refractivity contribution in [2.24, 2.45) is 0 Å². The summed E-state index contributed by atoms with van der Waals surface area (Å²) in [5.41, 5.74) is 3.83. The lowest BCUT2D eigenvalue weighted by Gasteiger charge is -2.37. The van der Waals surface area contributed by atoms with Gasteiger partial charge in [0.05, 0.1) is 12.6 Å². The molecular formula is C19H22N2OS. The number of amides is 1. The number of rotatable bonds is 4. The summed E-state index contributed by atoms with van der Waals surface area (Å²) in [5, 5.41) is 5.53. The van der Waals surface area contributed by atoms with Crippen LogP contribution < -0.4 is 5.32 Å². The molecule has 0 saturated heterocycles. The first-order chi connectivity index (χ1) is 11.2. The summed E-state index contributed by atoms with van der Waals surface area (Å²) in [6.45, 7) is 3.42. The zero-order chi connectivity index (χ0) is 15.8. The third-order valence-electron chi connectivity index (χ3n) is 4.89. The van der Waals surface area contributed by atoms with Gasteiger partial charge in [-0.05, 0) is 54.3 Å². The first kappa shape index (κ1) is 14.9. The molecule has 2 heterocycles. The van der Waals surface area contributed by atoms with E-state index in [1.807, 2.05) is 11.3 Å². The van der Waals surface area contributed by atoms with Gasteiger partial charge in [0.1, 0.15) is 0 Å². The number of aryl methyl sites for hydroxylation is 1. The molecule has 120 valence electrons. The Hall–Kier alpha value is -1.65. The molecule has 1 N–H and O–H groups in total. The smallest absolute Gasteiger partial charge is 0.237 e. The number of nitrogens with one attached hydrogen (secondary N) is 1. The summed E-state index contributed by atoms with van der Waals surface area (Å²) in [7, 11) is 0. The third-order valence-corrected chi connectivity index (χ3v) is 5.89. The molecule has 0 spiro atoms. The predicted octanol–water partition coefficient (Wildman–Crippen LogP) is 3.28. The van der Waals surface area contributed by atoms with Crippen molar-refractivity contribution in [1.29, 1.82) is 0 Å². The fourth-order valence-electron chi connectivity index (χ4n) is 3.43. The van der Waals surface area contributed by atoms with Crippen LogP contribution in [-0.4, -0.2) is 29.9 Å². The first-order valence-corrected chi connectivity index (χ1v) is 9.26. The van der Waals surface area contributed by atoms with E-state index in [4.69, 9.17) is 0 Å². The molecule has 4 rings (SSSR count). The zero-order valence-corrected chi connectivity index (χ0v) is 14.2. The van der Waals surface area contributed by atoms with Crippen LogP contribution >= 0.6 is 11.3 Å². The number of carbonyl (C=O) groups is 1. The number of nitrogens with zero attached hydrogens (tertiary/aromatic N) is 1. The second-order valence-electron chi connectivity index (χ2n) is 6.55. The molecule has 1 aromatic carbocycles. The normalized spacial score (nSPS) is 20.4. The van der Waals surface area contributed by atoms with Gasteiger partial charge in [-0.3, -0.25) is 4.79 Å². The molecule has 2 aromatic rings. The number of benzene rings is 1. The lowest BCUT2D eigenvalue weighted by Crippen LogP contribution is -2.44. The lowest BCUT2D eigenvalue weighted by atomic mass is 9.90. The van der Waals surface area contributed by atoms with Crippen LogP contribution in [0.2, 0.25) is 0 Å². The van der Waals surface area contributed by atoms with E-state index in [0.29, 0.717) is 12.6 Å². The molecule has 4 heteroatoms. The maximum atomic E-state index is 12.8. The van der Waals surface area contributed by atoms with Gasteiger partial charge in [-0.25, -0.2) is 0 Å². The van der Waals surface area contributed by atoms with E-state index in [2.05, 4.69) is 52.9 Å². The predicted molar refractivity (Wildman–Crippen MR) is 93.8 cm³/mol. The first-order valence-electron chi connectivity index (χ1n) is 8.38. The van der Waals surface area contributed by atoms with E-state index in [-0.39, 0.29) is 11.9 Å². The highest BCUT2D eigenvalue weighted by molar-refractivity contribution is 7.10. The molecule has 1 fully saturated rings. The van der Waals surface area contributed by atoms with Gasteiger partial charge in [0.2, 0.25) is 5.91 Å². The number of carbonyl (C=O) groups excluding carboxylic acids is 1. The molecule has 1 atom stereocenters. The Morgan fingerprint density at radius 1 is 1.26 bits per heavy atom. The Bertz CT molecular complexity index is 720. The zero-order valence-electron chi connectivity index (χ0n) is 13.4. The summed E-state index contributed by atoms with van der Waals surface area (Å²) in [6.07, 6.45) is 3.40. The fourth-order valence-corrected chi connectivity index (χ4v) is 4.34. The quantitative estimate of drug-likeness (QED) is 0.935. The van der Waals surface area contributed by atoms with Gasteiger partial charge in [-0.1, -0.05) is 24.3 Å². The van der Waals surface area contributed by atoms with Gasteiger partial charge in [-0.15, -0.1) is 11.3 Å². The van der Waals surface area contributed by atoms with E-state index < -0.39 is 0 Å². The Morgan fingerprint density at radius 3 is 2.87 bits per heavy atom. The summed E-state index contributed by atoms with van der Waals surface area (Å²) >= 11 is 1.82. The van der Waals surface area contributed by atoms with Crippen molar-refractivity contribution in [1.82, 2.24) is 10.2 Å². The van der Waals surface area contributed by atoms with Crippen LogP contribution in [0.25, 0.3) is 0 Å². The maximum absolute atomic E-state index is 12.8. The second kappa shape index (κ2) is 6.10. The molecule has 1 unspecified atom stereocenters. The van der Waals surface area contributed by atoms with Gasteiger partial charge in [0.15, 0.2) is 0 Å². The average Bonchev–Trinajstić information content (AvgIpc) is 3.27. The van der Waals surface area contributed by atoms with Gasteiger partial charge < -0.3 is 10.2 Å². The van der Waals surface area contributed by atoms with Crippen molar-refractivity contribution < 1.29 is 4.79 Å². The molecule has 0 bridgehead atoms. The lowest BCUT2D eigenvalue weighted by molar-refractivity contribution is -0.132. The highest BCUT2D eigenvalue weighted by Gasteiger charge is 2.33. The van der Waals surface area contributed by atoms with E-state index in [0.717, 1.165) is 13.0 Å². The van der Waals surface area contributed by atoms with Gasteiger partial charge in [0, 0.05) is 17.5 Å². The van der Waals surface area contributed by atoms with Crippen LogP contribution in [-0.2, 0) is 11.2 Å². The van der Waals surface area contributed by atoms with Gasteiger partial charge in [-0.2, -0.15) is 0 Å². The molecule has 1 aliphatic heterocycles. The molecule has 1 aromatic heterocycles. The highest BCUT2D eigenvalue weighted by Crippen LogP contribution is 2.38. The Kier molecular flexibility index (Phi) is 3.95. The van der Waals surface area contributed by atoms with Crippen LogP contribution in [0.4, 0.5) is 0 Å². The van der Waals surface area contributed by atoms with Crippen LogP contribution in [0, 0.1) is 6.92 Å². The van der Waals surface area contributed by atoms with Crippen LogP contribution in [0.15, 0.2) is 35.7 Å². The Labute approximate surface area is 141 Å². The summed E-state index contributed by atoms with van der Waals surface area (Å²) in [5.74, 6) is 0.224. The standard InChI is InChI=1S/C19H22N2OS/c1-13-4-2-3-5-15(13)19-16-9-11-23-17(16)8-10-21(19)18(22)12-20-14-6-7-14/h2-5,9,11,14,19-20H,6-8,10,12H2,1H3. The summed E-state index contributed by atoms with van der Waals surface area (Å²) in [4.78, 5) is 16.3. The van der Waals surface area contributed by atoms with Crippen molar-refractivity contribution in [3.8, 4) is 0 Å². The minimum Gasteiger partial charge on any atom is -0.330 e. The number of thiophene rings is 1. The maximum Gasteiger partial charge on any atom is 0.237 e. The van der Waals surface area contributed by atoms with Crippen LogP contribution in [0.5, 0.6) is 0 Å². The van der Waals surface area contributed by atoms with Crippen molar-refractivity contribution in [3.05, 3.63) is 57.3 Å². The van der Waals surface area contributed by atoms with E-state index in [1.54, 1.807) is 0 Å². The van der Waals surface area contributed by atoms with Gasteiger partial charge in [0.25, 0.3) is 0 Å². The van der Waals surface area contributed by atoms with Crippen molar-refractivity contribution in [3.63, 3.8) is 0 Å². The molecular weight excluding hydrogens is 304 g/mol. The summed E-state index contributed by atoms with van der Waals surface area (Å²) < 4.78 is 0. The number of hydrogen-bond acceptors (Lipinski definition) is 3. The molecule has 1 amide bonds. The summed E-state index contributed by atoms with van der Waals surface area (Å²) in [6, 6.07) is 11.3. The molecule has 2 aliphatic rings. The van der Waals surface area contributed by atoms with E-state index >= 15 is 0 Å². The molecule has 1 saturated carbocycles. The minimum atomic E-state index is 0.0692. The minimum absolute atomic E-state index is 0.0692. The average molecular weight is 326 g/mol. The largest absolute Gasteiger partial charge is 0.330 e. The second-order valence-corrected chi connectivity index (χ2v) is 7.55. The van der Waals surface area contributed by atoms with Crippen LogP contribution in [0.1, 0.15) is 40.5 Å². The van der Waals surface area contributed by atoms with E-state index in [1.165, 1.54) is 34.4 Å². The highest BCUT2D eigenvalue weighted by atomic mass is 32.1. The van der Waals surface area contributed by atoms with Gasteiger partial charge >= 0.3 is 0 Å². The van der Waals surface area contributed by atoms with Crippen LogP contribution in [0.3, 0.4) is 0 Å². The molecule has 0 radical (unpaired) electrons. The third kappa shape index (κ3) is 2.93. The van der Waals surface area contributed by atoms with Crippen molar-refractivity contribution in [2.75, 3.05) is 13.1 Å². The van der Waals surface area contributed by atoms with Crippen molar-refractivity contribution in [2.45, 2.75) is 38.3 Å². The Morgan fingerprint density at radius 2 is 2.09 bits per heavy atom. The fraction of sp³-hybridized carbons (Fsp3) is 0.421. The monoisotopic (exact) mass is 326 g/mol. The Balaban J connectivity index is 1.67. The SMILES string of the molecule is Cc1ccccc1C1c2ccsc2CCN1C(=O)CNC1CC1.